The summed E-state index contributed by atoms with van der Waals surface area (Å²) < 4.78 is 49.4. The molecule has 0 aliphatic heterocycles. The van der Waals surface area contributed by atoms with Gasteiger partial charge in [0.25, 0.3) is 10.0 Å². The van der Waals surface area contributed by atoms with Crippen molar-refractivity contribution >= 4 is 26.5 Å². The molecule has 0 spiro atoms. The van der Waals surface area contributed by atoms with E-state index in [1.54, 1.807) is 26.4 Å². The van der Waals surface area contributed by atoms with Crippen molar-refractivity contribution in [3.8, 4) is 27.8 Å². The molecule has 30 heavy (non-hydrogen) atoms. The smallest absolute Gasteiger partial charge is 0.271 e. The first kappa shape index (κ1) is 21.8. The molecule has 0 fully saturated rings. The van der Waals surface area contributed by atoms with Gasteiger partial charge in [0.2, 0.25) is 5.13 Å². The molecule has 0 bridgehead atoms. The van der Waals surface area contributed by atoms with Gasteiger partial charge in [-0.2, -0.15) is 0 Å². The number of hydrogen-bond donors (Lipinski definition) is 1. The van der Waals surface area contributed by atoms with E-state index in [1.165, 1.54) is 26.4 Å². The lowest BCUT2D eigenvalue weighted by Crippen LogP contribution is -2.15. The van der Waals surface area contributed by atoms with Gasteiger partial charge in [0.15, 0.2) is 4.90 Å². The zero-order valence-corrected chi connectivity index (χ0v) is 18.5. The first-order valence-electron chi connectivity index (χ1n) is 8.67. The predicted molar refractivity (Wildman–Crippen MR) is 113 cm³/mol. The summed E-state index contributed by atoms with van der Waals surface area (Å²) in [6, 6.07) is 10.2. The second-order valence-electron chi connectivity index (χ2n) is 5.97. The molecule has 0 saturated heterocycles. The Kier molecular flexibility index (Phi) is 6.75. The third kappa shape index (κ3) is 4.48. The van der Waals surface area contributed by atoms with Crippen LogP contribution >= 0.6 is 11.3 Å². The molecular formula is C19H21N3O6S2. The number of methoxy groups -OCH3 is 4. The Morgan fingerprint density at radius 3 is 2.27 bits per heavy atom. The number of nitrogens with one attached hydrogen (secondary N) is 1. The Morgan fingerprint density at radius 1 is 0.967 bits per heavy atom. The Hall–Kier alpha value is -2.89. The zero-order chi connectivity index (χ0) is 21.7. The van der Waals surface area contributed by atoms with Crippen LogP contribution in [0.2, 0.25) is 0 Å². The van der Waals surface area contributed by atoms with Crippen molar-refractivity contribution in [3.05, 3.63) is 42.0 Å². The highest BCUT2D eigenvalue weighted by atomic mass is 32.2. The molecule has 3 rings (SSSR count). The maximum atomic E-state index is 13.0. The van der Waals surface area contributed by atoms with Gasteiger partial charge in [-0.1, -0.05) is 23.5 Å². The summed E-state index contributed by atoms with van der Waals surface area (Å²) in [5, 5.41) is 8.74. The number of rotatable bonds is 9. The van der Waals surface area contributed by atoms with Crippen LogP contribution in [0, 0.1) is 0 Å². The molecule has 0 amide bonds. The summed E-state index contributed by atoms with van der Waals surface area (Å²) in [4.78, 5) is -0.117. The maximum absolute atomic E-state index is 13.0. The summed E-state index contributed by atoms with van der Waals surface area (Å²) in [6.07, 6.45) is 0. The molecular weight excluding hydrogens is 430 g/mol. The van der Waals surface area contributed by atoms with E-state index in [-0.39, 0.29) is 21.5 Å². The molecule has 1 N–H and O–H groups in total. The quantitative estimate of drug-likeness (QED) is 0.528. The van der Waals surface area contributed by atoms with Crippen LogP contribution in [0.4, 0.5) is 5.13 Å². The number of benzene rings is 2. The molecule has 3 aromatic rings. The minimum Gasteiger partial charge on any atom is -0.497 e. The molecule has 11 heteroatoms. The van der Waals surface area contributed by atoms with Crippen LogP contribution in [0.15, 0.2) is 41.3 Å². The summed E-state index contributed by atoms with van der Waals surface area (Å²) in [5.74, 6) is 0.949. The second kappa shape index (κ2) is 9.28. The van der Waals surface area contributed by atoms with Gasteiger partial charge in [0, 0.05) is 12.7 Å². The van der Waals surface area contributed by atoms with Crippen molar-refractivity contribution in [2.24, 2.45) is 0 Å². The fraction of sp³-hybridized carbons (Fsp3) is 0.263. The van der Waals surface area contributed by atoms with Gasteiger partial charge >= 0.3 is 0 Å². The number of sulfonamides is 1. The van der Waals surface area contributed by atoms with Crippen molar-refractivity contribution in [2.45, 2.75) is 11.5 Å². The van der Waals surface area contributed by atoms with Gasteiger partial charge in [-0.05, 0) is 29.8 Å². The second-order valence-corrected chi connectivity index (χ2v) is 8.56. The minimum absolute atomic E-state index is 0.101. The standard InChI is InChI=1S/C19H21N3O6S2/c1-25-11-12-8-9-13(26-2)10-14(12)18-20-21-19(29-18)22-30(23,24)17-15(27-3)6-5-7-16(17)28-4/h5-10H,11H2,1-4H3,(H,21,22). The summed E-state index contributed by atoms with van der Waals surface area (Å²) >= 11 is 1.09. The topological polar surface area (TPSA) is 109 Å². The van der Waals surface area contributed by atoms with Crippen LogP contribution in [0.25, 0.3) is 10.6 Å². The van der Waals surface area contributed by atoms with Gasteiger partial charge in [0.1, 0.15) is 22.3 Å². The van der Waals surface area contributed by atoms with Crippen LogP contribution in [0.5, 0.6) is 17.2 Å². The van der Waals surface area contributed by atoms with E-state index in [4.69, 9.17) is 18.9 Å². The van der Waals surface area contributed by atoms with Gasteiger partial charge in [-0.3, -0.25) is 4.72 Å². The third-order valence-corrected chi connectivity index (χ3v) is 6.55. The van der Waals surface area contributed by atoms with Crippen molar-refractivity contribution in [1.29, 1.82) is 0 Å². The van der Waals surface area contributed by atoms with Crippen molar-refractivity contribution in [3.63, 3.8) is 0 Å². The van der Waals surface area contributed by atoms with Crippen LogP contribution < -0.4 is 18.9 Å². The molecule has 160 valence electrons. The lowest BCUT2D eigenvalue weighted by molar-refractivity contribution is 0.185. The number of hydrogen-bond acceptors (Lipinski definition) is 9. The highest BCUT2D eigenvalue weighted by Gasteiger charge is 2.26. The molecule has 1 heterocycles. The van der Waals surface area contributed by atoms with E-state index in [9.17, 15) is 8.42 Å². The van der Waals surface area contributed by atoms with Gasteiger partial charge in [-0.15, -0.1) is 10.2 Å². The van der Waals surface area contributed by atoms with Crippen molar-refractivity contribution in [2.75, 3.05) is 33.2 Å². The third-order valence-electron chi connectivity index (χ3n) is 4.15. The van der Waals surface area contributed by atoms with E-state index < -0.39 is 10.0 Å². The van der Waals surface area contributed by atoms with Gasteiger partial charge in [0.05, 0.1) is 27.9 Å². The summed E-state index contributed by atoms with van der Waals surface area (Å²) in [7, 11) is 1.89. The molecule has 0 radical (unpaired) electrons. The Morgan fingerprint density at radius 2 is 1.67 bits per heavy atom. The minimum atomic E-state index is -4.04. The maximum Gasteiger partial charge on any atom is 0.271 e. The highest BCUT2D eigenvalue weighted by molar-refractivity contribution is 7.93. The van der Waals surface area contributed by atoms with Crippen molar-refractivity contribution < 1.29 is 27.4 Å². The number of aromatic nitrogens is 2. The molecule has 9 nitrogen and oxygen atoms in total. The van der Waals surface area contributed by atoms with E-state index >= 15 is 0 Å². The largest absolute Gasteiger partial charge is 0.497 e. The Labute approximate surface area is 178 Å². The average molecular weight is 452 g/mol. The molecule has 0 atom stereocenters. The van der Waals surface area contributed by atoms with E-state index in [0.29, 0.717) is 17.4 Å². The number of nitrogens with zero attached hydrogens (tertiary/aromatic N) is 2. The molecule has 0 saturated carbocycles. The fourth-order valence-corrected chi connectivity index (χ4v) is 5.13. The Bertz CT molecular complexity index is 1110. The number of anilines is 1. The monoisotopic (exact) mass is 451 g/mol. The normalized spacial score (nSPS) is 11.2. The first-order chi connectivity index (χ1) is 14.4. The van der Waals surface area contributed by atoms with E-state index in [2.05, 4.69) is 14.9 Å². The van der Waals surface area contributed by atoms with E-state index in [0.717, 1.165) is 22.5 Å². The van der Waals surface area contributed by atoms with E-state index in [1.807, 2.05) is 12.1 Å². The molecule has 0 aliphatic rings. The molecule has 2 aromatic carbocycles. The lowest BCUT2D eigenvalue weighted by atomic mass is 10.1. The molecule has 0 aliphatic carbocycles. The average Bonchev–Trinajstić information content (AvgIpc) is 3.21. The summed E-state index contributed by atoms with van der Waals surface area (Å²) in [6.45, 7) is 0.360. The Balaban J connectivity index is 1.97. The zero-order valence-electron chi connectivity index (χ0n) is 16.8. The lowest BCUT2D eigenvalue weighted by Gasteiger charge is -2.13. The SMILES string of the molecule is COCc1ccc(OC)cc1-c1nnc(NS(=O)(=O)c2c(OC)cccc2OC)s1. The fourth-order valence-electron chi connectivity index (χ4n) is 2.78. The van der Waals surface area contributed by atoms with Crippen LogP contribution in [0.3, 0.4) is 0 Å². The number of ether oxygens (including phenoxy) is 4. The summed E-state index contributed by atoms with van der Waals surface area (Å²) in [5.41, 5.74) is 1.62. The predicted octanol–water partition coefficient (Wildman–Crippen LogP) is 3.18. The molecule has 0 unspecified atom stereocenters. The van der Waals surface area contributed by atoms with Gasteiger partial charge < -0.3 is 18.9 Å². The highest BCUT2D eigenvalue weighted by Crippen LogP contribution is 2.36. The van der Waals surface area contributed by atoms with Crippen LogP contribution in [-0.2, 0) is 21.4 Å². The van der Waals surface area contributed by atoms with Crippen LogP contribution in [0.1, 0.15) is 5.56 Å². The first-order valence-corrected chi connectivity index (χ1v) is 11.0. The van der Waals surface area contributed by atoms with Crippen molar-refractivity contribution in [1.82, 2.24) is 10.2 Å². The molecule has 1 aromatic heterocycles. The van der Waals surface area contributed by atoms with Gasteiger partial charge in [-0.25, -0.2) is 8.42 Å². The van der Waals surface area contributed by atoms with Crippen LogP contribution in [-0.4, -0.2) is 47.1 Å².